The second kappa shape index (κ2) is 4.85. The lowest BCUT2D eigenvalue weighted by molar-refractivity contribution is 0.0449. The molecule has 1 heterocycles. The van der Waals surface area contributed by atoms with Crippen LogP contribution in [0.3, 0.4) is 0 Å². The van der Waals surface area contributed by atoms with Crippen LogP contribution in [0.2, 0.25) is 0 Å². The molecule has 0 aromatic heterocycles. The first-order valence-corrected chi connectivity index (χ1v) is 7.04. The molecule has 0 bridgehead atoms. The normalized spacial score (nSPS) is 19.8. The fraction of sp³-hybridized carbons (Fsp3) is 0.533. The van der Waals surface area contributed by atoms with E-state index in [0.717, 1.165) is 44.3 Å². The Labute approximate surface area is 113 Å². The third-order valence-electron chi connectivity index (χ3n) is 4.19. The van der Waals surface area contributed by atoms with E-state index >= 15 is 0 Å². The summed E-state index contributed by atoms with van der Waals surface area (Å²) in [5, 5.41) is 16.3. The van der Waals surface area contributed by atoms with Gasteiger partial charge in [-0.2, -0.15) is 0 Å². The van der Waals surface area contributed by atoms with Gasteiger partial charge in [0.2, 0.25) is 0 Å². The molecular formula is C15H20N2O2. The molecule has 1 saturated carbocycles. The van der Waals surface area contributed by atoms with E-state index in [4.69, 9.17) is 0 Å². The minimum atomic E-state index is -0.690. The largest absolute Gasteiger partial charge is 0.388 e. The van der Waals surface area contributed by atoms with E-state index in [9.17, 15) is 9.90 Å². The van der Waals surface area contributed by atoms with Crippen molar-refractivity contribution in [2.75, 3.05) is 18.4 Å². The van der Waals surface area contributed by atoms with Gasteiger partial charge in [0.25, 0.3) is 5.91 Å². The molecule has 0 radical (unpaired) electrons. The lowest BCUT2D eigenvalue weighted by atomic mass is 10.0. The van der Waals surface area contributed by atoms with Crippen molar-refractivity contribution in [3.05, 3.63) is 29.3 Å². The Hall–Kier alpha value is -1.55. The molecule has 4 heteroatoms. The number of aliphatic hydroxyl groups is 1. The Balaban J connectivity index is 1.64. The molecule has 0 saturated heterocycles. The van der Waals surface area contributed by atoms with E-state index in [0.29, 0.717) is 12.1 Å². The summed E-state index contributed by atoms with van der Waals surface area (Å²) in [5.41, 5.74) is 2.30. The molecule has 102 valence electrons. The van der Waals surface area contributed by atoms with Crippen molar-refractivity contribution in [1.82, 2.24) is 5.32 Å². The Morgan fingerprint density at radius 2 is 2.16 bits per heavy atom. The highest BCUT2D eigenvalue weighted by molar-refractivity contribution is 5.95. The van der Waals surface area contributed by atoms with Crippen molar-refractivity contribution >= 4 is 11.6 Å². The summed E-state index contributed by atoms with van der Waals surface area (Å²) in [7, 11) is 0. The average molecular weight is 260 g/mol. The van der Waals surface area contributed by atoms with Crippen LogP contribution in [-0.4, -0.2) is 29.7 Å². The van der Waals surface area contributed by atoms with E-state index in [1.165, 1.54) is 5.56 Å². The number of hydrogen-bond acceptors (Lipinski definition) is 3. The molecule has 1 aliphatic heterocycles. The van der Waals surface area contributed by atoms with Crippen LogP contribution >= 0.6 is 0 Å². The van der Waals surface area contributed by atoms with E-state index in [1.54, 1.807) is 0 Å². The predicted molar refractivity (Wildman–Crippen MR) is 74.4 cm³/mol. The van der Waals surface area contributed by atoms with Crippen LogP contribution in [0.1, 0.15) is 41.6 Å². The van der Waals surface area contributed by atoms with Crippen molar-refractivity contribution in [2.24, 2.45) is 0 Å². The van der Waals surface area contributed by atoms with Gasteiger partial charge in [0.15, 0.2) is 0 Å². The number of anilines is 1. The van der Waals surface area contributed by atoms with Crippen molar-refractivity contribution in [3.8, 4) is 0 Å². The number of amides is 1. The van der Waals surface area contributed by atoms with Crippen LogP contribution in [0, 0.1) is 0 Å². The summed E-state index contributed by atoms with van der Waals surface area (Å²) in [6, 6.07) is 5.77. The van der Waals surface area contributed by atoms with Crippen LogP contribution in [0.4, 0.5) is 5.69 Å². The van der Waals surface area contributed by atoms with Crippen LogP contribution in [0.15, 0.2) is 18.2 Å². The maximum absolute atomic E-state index is 12.1. The number of carbonyl (C=O) groups excluding carboxylic acids is 1. The molecule has 1 aromatic rings. The summed E-state index contributed by atoms with van der Waals surface area (Å²) in [6.07, 6.45) is 4.71. The molecule has 3 rings (SSSR count). The van der Waals surface area contributed by atoms with Gasteiger partial charge < -0.3 is 15.7 Å². The first-order valence-electron chi connectivity index (χ1n) is 7.04. The zero-order valence-electron chi connectivity index (χ0n) is 11.0. The number of carbonyl (C=O) groups is 1. The fourth-order valence-corrected chi connectivity index (χ4v) is 2.99. The van der Waals surface area contributed by atoms with Crippen LogP contribution in [0.5, 0.6) is 0 Å². The monoisotopic (exact) mass is 260 g/mol. The molecule has 1 fully saturated rings. The Morgan fingerprint density at radius 1 is 1.37 bits per heavy atom. The molecule has 0 spiro atoms. The molecule has 1 aromatic carbocycles. The average Bonchev–Trinajstić information content (AvgIpc) is 3.04. The van der Waals surface area contributed by atoms with Gasteiger partial charge in [-0.05, 0) is 37.0 Å². The van der Waals surface area contributed by atoms with E-state index < -0.39 is 5.60 Å². The van der Waals surface area contributed by atoms with Crippen molar-refractivity contribution in [3.63, 3.8) is 0 Å². The van der Waals surface area contributed by atoms with Crippen molar-refractivity contribution in [2.45, 2.75) is 37.7 Å². The quantitative estimate of drug-likeness (QED) is 0.775. The topological polar surface area (TPSA) is 61.4 Å². The molecule has 1 amide bonds. The van der Waals surface area contributed by atoms with Gasteiger partial charge in [0.05, 0.1) is 5.60 Å². The molecule has 1 aliphatic carbocycles. The van der Waals surface area contributed by atoms with Gasteiger partial charge in [-0.25, -0.2) is 0 Å². The van der Waals surface area contributed by atoms with Crippen LogP contribution in [0.25, 0.3) is 0 Å². The standard InChI is InChI=1S/C15H20N2O2/c18-14(17-10-15(19)6-1-2-7-15)12-4-3-11-5-8-16-13(11)9-12/h3-4,9,16,19H,1-2,5-8,10H2,(H,17,18). The third kappa shape index (κ3) is 2.59. The molecule has 3 N–H and O–H groups in total. The van der Waals surface area contributed by atoms with Gasteiger partial charge >= 0.3 is 0 Å². The molecule has 19 heavy (non-hydrogen) atoms. The van der Waals surface area contributed by atoms with Crippen molar-refractivity contribution in [1.29, 1.82) is 0 Å². The molecule has 0 atom stereocenters. The summed E-state index contributed by atoms with van der Waals surface area (Å²) in [5.74, 6) is -0.100. The van der Waals surface area contributed by atoms with Gasteiger partial charge in [0.1, 0.15) is 0 Å². The first-order chi connectivity index (χ1) is 9.16. The highest BCUT2D eigenvalue weighted by Gasteiger charge is 2.31. The van der Waals surface area contributed by atoms with Gasteiger partial charge in [-0.1, -0.05) is 18.9 Å². The number of rotatable bonds is 3. The van der Waals surface area contributed by atoms with Crippen LogP contribution in [-0.2, 0) is 6.42 Å². The van der Waals surface area contributed by atoms with Gasteiger partial charge in [0, 0.05) is 24.3 Å². The molecule has 4 nitrogen and oxygen atoms in total. The second-order valence-electron chi connectivity index (χ2n) is 5.66. The fourth-order valence-electron chi connectivity index (χ4n) is 2.99. The predicted octanol–water partition coefficient (Wildman–Crippen LogP) is 1.69. The lowest BCUT2D eigenvalue weighted by Crippen LogP contribution is -2.40. The lowest BCUT2D eigenvalue weighted by Gasteiger charge is -2.22. The van der Waals surface area contributed by atoms with Gasteiger partial charge in [-0.3, -0.25) is 4.79 Å². The summed E-state index contributed by atoms with van der Waals surface area (Å²) in [4.78, 5) is 12.1. The Kier molecular flexibility index (Phi) is 3.19. The summed E-state index contributed by atoms with van der Waals surface area (Å²) < 4.78 is 0. The smallest absolute Gasteiger partial charge is 0.251 e. The maximum atomic E-state index is 12.1. The second-order valence-corrected chi connectivity index (χ2v) is 5.66. The molecular weight excluding hydrogens is 240 g/mol. The molecule has 0 unspecified atom stereocenters. The van der Waals surface area contributed by atoms with Gasteiger partial charge in [-0.15, -0.1) is 0 Å². The van der Waals surface area contributed by atoms with Crippen LogP contribution < -0.4 is 10.6 Å². The highest BCUT2D eigenvalue weighted by Crippen LogP contribution is 2.29. The number of hydrogen-bond donors (Lipinski definition) is 3. The zero-order chi connectivity index (χ0) is 13.3. The summed E-state index contributed by atoms with van der Waals surface area (Å²) >= 11 is 0. The van der Waals surface area contributed by atoms with Crippen molar-refractivity contribution < 1.29 is 9.90 Å². The molecule has 2 aliphatic rings. The Bertz CT molecular complexity index is 493. The van der Waals surface area contributed by atoms with E-state index in [1.807, 2.05) is 18.2 Å². The van der Waals surface area contributed by atoms with E-state index in [2.05, 4.69) is 10.6 Å². The number of benzene rings is 1. The van der Waals surface area contributed by atoms with E-state index in [-0.39, 0.29) is 5.91 Å². The zero-order valence-corrected chi connectivity index (χ0v) is 11.0. The SMILES string of the molecule is O=C(NCC1(O)CCCC1)c1ccc2c(c1)NCC2. The highest BCUT2D eigenvalue weighted by atomic mass is 16.3. The summed E-state index contributed by atoms with van der Waals surface area (Å²) in [6.45, 7) is 1.30. The Morgan fingerprint density at radius 3 is 2.95 bits per heavy atom. The number of nitrogens with one attached hydrogen (secondary N) is 2. The first kappa shape index (κ1) is 12.5. The minimum absolute atomic E-state index is 0.100. The minimum Gasteiger partial charge on any atom is -0.388 e. The number of fused-ring (bicyclic) bond motifs is 1. The third-order valence-corrected chi connectivity index (χ3v) is 4.19. The maximum Gasteiger partial charge on any atom is 0.251 e.